The number of benzene rings is 2. The van der Waals surface area contributed by atoms with E-state index in [1.807, 2.05) is 13.8 Å². The van der Waals surface area contributed by atoms with Crippen molar-refractivity contribution in [2.75, 3.05) is 17.8 Å². The number of fused-ring (bicyclic) bond motifs is 1. The summed E-state index contributed by atoms with van der Waals surface area (Å²) in [5.41, 5.74) is -0.0938. The van der Waals surface area contributed by atoms with Gasteiger partial charge in [0.05, 0.1) is 10.5 Å². The van der Waals surface area contributed by atoms with E-state index in [4.69, 9.17) is 9.47 Å². The minimum Gasteiger partial charge on any atom is -0.487 e. The van der Waals surface area contributed by atoms with Crippen LogP contribution in [0, 0.1) is 0 Å². The van der Waals surface area contributed by atoms with Crippen LogP contribution in [0.3, 0.4) is 0 Å². The molecule has 0 bridgehead atoms. The minimum atomic E-state index is -4.52. The SMILES string of the molecule is CC(C)(C)OC(=O)N1CCC(c2cc(C(F)(F)F)ccc2[C@H]2CC(C)(C)Oc3cc(S(=O)(=O)Nc4nccs4)ccc32)CC1. The lowest BCUT2D eigenvalue weighted by Crippen LogP contribution is -2.41. The second kappa shape index (κ2) is 11.6. The molecule has 3 aromatic rings. The average Bonchev–Trinajstić information content (AvgIpc) is 3.42. The average molecular weight is 652 g/mol. The van der Waals surface area contributed by atoms with E-state index in [-0.39, 0.29) is 21.9 Å². The third-order valence-corrected chi connectivity index (χ3v) is 9.94. The number of likely N-dealkylation sites (tertiary alicyclic amines) is 1. The van der Waals surface area contributed by atoms with E-state index in [0.29, 0.717) is 49.2 Å². The number of rotatable bonds is 5. The smallest absolute Gasteiger partial charge is 0.416 e. The molecule has 13 heteroatoms. The lowest BCUT2D eigenvalue weighted by atomic mass is 9.75. The molecular formula is C31H36F3N3O5S2. The molecule has 1 atom stereocenters. The van der Waals surface area contributed by atoms with Crippen molar-refractivity contribution in [1.82, 2.24) is 9.88 Å². The molecule has 2 aromatic carbocycles. The van der Waals surface area contributed by atoms with Crippen LogP contribution in [0.4, 0.5) is 23.1 Å². The highest BCUT2D eigenvalue weighted by Gasteiger charge is 2.39. The summed E-state index contributed by atoms with van der Waals surface area (Å²) in [4.78, 5) is 18.2. The van der Waals surface area contributed by atoms with Crippen LogP contribution in [0.15, 0.2) is 52.9 Å². The number of sulfonamides is 1. The summed E-state index contributed by atoms with van der Waals surface area (Å²) in [6, 6.07) is 8.51. The van der Waals surface area contributed by atoms with Gasteiger partial charge in [0.1, 0.15) is 17.0 Å². The van der Waals surface area contributed by atoms with Crippen LogP contribution in [0.1, 0.15) is 88.0 Å². The summed E-state index contributed by atoms with van der Waals surface area (Å²) in [5, 5.41) is 1.89. The van der Waals surface area contributed by atoms with Crippen molar-refractivity contribution in [3.63, 3.8) is 0 Å². The maximum Gasteiger partial charge on any atom is 0.416 e. The van der Waals surface area contributed by atoms with Gasteiger partial charge < -0.3 is 14.4 Å². The zero-order valence-corrected chi connectivity index (χ0v) is 26.8. The number of carbonyl (C=O) groups is 1. The summed E-state index contributed by atoms with van der Waals surface area (Å²) >= 11 is 1.15. The summed E-state index contributed by atoms with van der Waals surface area (Å²) in [6.45, 7) is 9.83. The van der Waals surface area contributed by atoms with Crippen LogP contribution in [-0.2, 0) is 20.9 Å². The first-order valence-corrected chi connectivity index (χ1v) is 16.7. The second-order valence-electron chi connectivity index (χ2n) is 12.8. The standard InChI is InChI=1S/C31H36F3N3O5S2/c1-29(2,3)42-28(38)37-13-10-19(11-14-37)24-16-20(31(32,33)34)6-8-22(24)25-18-30(4,5)41-26-17-21(7-9-23(25)26)44(39,40)36-27-35-12-15-43-27/h6-9,12,15-17,19,25H,10-11,13-14,18H2,1-5H3,(H,35,36)/t25-/m1/s1. The molecule has 3 heterocycles. The van der Waals surface area contributed by atoms with E-state index in [0.717, 1.165) is 23.0 Å². The van der Waals surface area contributed by atoms with E-state index in [1.54, 1.807) is 43.2 Å². The molecular weight excluding hydrogens is 615 g/mol. The maximum atomic E-state index is 13.9. The predicted molar refractivity (Wildman–Crippen MR) is 162 cm³/mol. The Bertz CT molecular complexity index is 1630. The van der Waals surface area contributed by atoms with E-state index < -0.39 is 39.1 Å². The first-order valence-electron chi connectivity index (χ1n) is 14.4. The van der Waals surface area contributed by atoms with Crippen LogP contribution < -0.4 is 9.46 Å². The lowest BCUT2D eigenvalue weighted by Gasteiger charge is -2.40. The molecule has 2 aliphatic heterocycles. The molecule has 0 radical (unpaired) electrons. The Labute approximate surface area is 259 Å². The van der Waals surface area contributed by atoms with Crippen molar-refractivity contribution in [1.29, 1.82) is 0 Å². The van der Waals surface area contributed by atoms with Gasteiger partial charge in [-0.15, -0.1) is 11.3 Å². The number of piperidine rings is 1. The van der Waals surface area contributed by atoms with Crippen molar-refractivity contribution < 1.29 is 35.9 Å². The van der Waals surface area contributed by atoms with Crippen molar-refractivity contribution in [3.8, 4) is 5.75 Å². The molecule has 1 amide bonds. The monoisotopic (exact) mass is 651 g/mol. The molecule has 1 saturated heterocycles. The number of carbonyl (C=O) groups excluding carboxylic acids is 1. The van der Waals surface area contributed by atoms with Gasteiger partial charge in [-0.25, -0.2) is 18.2 Å². The predicted octanol–water partition coefficient (Wildman–Crippen LogP) is 7.77. The number of halogens is 3. The number of anilines is 1. The van der Waals surface area contributed by atoms with E-state index in [1.165, 1.54) is 24.4 Å². The highest BCUT2D eigenvalue weighted by Crippen LogP contribution is 2.48. The normalized spacial score (nSPS) is 19.2. The Morgan fingerprint density at radius 3 is 2.36 bits per heavy atom. The molecule has 2 aliphatic rings. The largest absolute Gasteiger partial charge is 0.487 e. The van der Waals surface area contributed by atoms with E-state index >= 15 is 0 Å². The number of thiazole rings is 1. The van der Waals surface area contributed by atoms with Gasteiger partial charge in [-0.2, -0.15) is 13.2 Å². The fraction of sp³-hybridized carbons (Fsp3) is 0.484. The number of alkyl halides is 3. The molecule has 1 aromatic heterocycles. The number of amides is 1. The summed E-state index contributed by atoms with van der Waals surface area (Å²) < 4.78 is 82.2. The Morgan fingerprint density at radius 2 is 1.75 bits per heavy atom. The zero-order valence-electron chi connectivity index (χ0n) is 25.2. The topological polar surface area (TPSA) is 97.8 Å². The second-order valence-corrected chi connectivity index (χ2v) is 15.4. The third-order valence-electron chi connectivity index (χ3n) is 7.78. The van der Waals surface area contributed by atoms with Gasteiger partial charge in [0.2, 0.25) is 0 Å². The molecule has 1 fully saturated rings. The molecule has 44 heavy (non-hydrogen) atoms. The highest BCUT2D eigenvalue weighted by molar-refractivity contribution is 7.93. The van der Waals surface area contributed by atoms with Crippen molar-refractivity contribution >= 4 is 32.6 Å². The third kappa shape index (κ3) is 7.14. The van der Waals surface area contributed by atoms with Crippen LogP contribution in [0.25, 0.3) is 0 Å². The molecule has 0 spiro atoms. The quantitative estimate of drug-likeness (QED) is 0.303. The van der Waals surface area contributed by atoms with E-state index in [2.05, 4.69) is 9.71 Å². The van der Waals surface area contributed by atoms with Gasteiger partial charge >= 0.3 is 12.3 Å². The van der Waals surface area contributed by atoms with Crippen LogP contribution >= 0.6 is 11.3 Å². The maximum absolute atomic E-state index is 13.9. The molecule has 0 unspecified atom stereocenters. The molecule has 5 rings (SSSR count). The summed E-state index contributed by atoms with van der Waals surface area (Å²) in [5.74, 6) is -0.208. The minimum absolute atomic E-state index is 0.00921. The van der Waals surface area contributed by atoms with Gasteiger partial charge in [-0.1, -0.05) is 12.1 Å². The fourth-order valence-electron chi connectivity index (χ4n) is 5.85. The Hall–Kier alpha value is -3.32. The fourth-order valence-corrected chi connectivity index (χ4v) is 7.65. The van der Waals surface area contributed by atoms with Gasteiger partial charge in [0.15, 0.2) is 5.13 Å². The molecule has 238 valence electrons. The summed E-state index contributed by atoms with van der Waals surface area (Å²) in [6.07, 6.45) is -2.03. The molecule has 8 nitrogen and oxygen atoms in total. The van der Waals surface area contributed by atoms with Crippen LogP contribution in [0.5, 0.6) is 5.75 Å². The first kappa shape index (κ1) is 32.1. The first-order chi connectivity index (χ1) is 20.4. The number of aromatic nitrogens is 1. The number of hydrogen-bond donors (Lipinski definition) is 1. The summed E-state index contributed by atoms with van der Waals surface area (Å²) in [7, 11) is -3.96. The van der Waals surface area contributed by atoms with E-state index in [9.17, 15) is 26.4 Å². The Kier molecular flexibility index (Phi) is 8.43. The highest BCUT2D eigenvalue weighted by atomic mass is 32.2. The van der Waals surface area contributed by atoms with Gasteiger partial charge in [0, 0.05) is 42.2 Å². The van der Waals surface area contributed by atoms with Gasteiger partial charge in [-0.3, -0.25) is 4.72 Å². The Morgan fingerprint density at radius 1 is 1.07 bits per heavy atom. The van der Waals surface area contributed by atoms with Crippen molar-refractivity contribution in [3.05, 3.63) is 70.2 Å². The molecule has 0 saturated carbocycles. The molecule has 0 aliphatic carbocycles. The lowest BCUT2D eigenvalue weighted by molar-refractivity contribution is -0.137. The zero-order chi connectivity index (χ0) is 32.1. The number of nitrogens with one attached hydrogen (secondary N) is 1. The Balaban J connectivity index is 1.50. The number of ether oxygens (including phenoxy) is 2. The van der Waals surface area contributed by atoms with Crippen molar-refractivity contribution in [2.24, 2.45) is 0 Å². The van der Waals surface area contributed by atoms with Crippen LogP contribution in [0.2, 0.25) is 0 Å². The molecule has 1 N–H and O–H groups in total. The number of hydrogen-bond acceptors (Lipinski definition) is 7. The van der Waals surface area contributed by atoms with Crippen molar-refractivity contribution in [2.45, 2.75) is 88.0 Å². The number of nitrogens with zero attached hydrogens (tertiary/aromatic N) is 2. The van der Waals surface area contributed by atoms with Gasteiger partial charge in [0.25, 0.3) is 10.0 Å². The van der Waals surface area contributed by atoms with Crippen LogP contribution in [-0.4, -0.2) is 48.7 Å². The van der Waals surface area contributed by atoms with Gasteiger partial charge in [-0.05, 0) is 89.1 Å².